The van der Waals surface area contributed by atoms with E-state index in [9.17, 15) is 0 Å². The summed E-state index contributed by atoms with van der Waals surface area (Å²) in [7, 11) is 0. The summed E-state index contributed by atoms with van der Waals surface area (Å²) in [5, 5.41) is -0.180. The molecule has 1 unspecified atom stereocenters. The van der Waals surface area contributed by atoms with Gasteiger partial charge >= 0.3 is 0 Å². The van der Waals surface area contributed by atoms with Crippen LogP contribution in [-0.2, 0) is 0 Å². The average molecular weight is 190 g/mol. The van der Waals surface area contributed by atoms with Crippen LogP contribution in [0.3, 0.4) is 0 Å². The monoisotopic (exact) mass is 188 g/mol. The highest BCUT2D eigenvalue weighted by molar-refractivity contribution is 6.48. The van der Waals surface area contributed by atoms with Crippen LogP contribution in [0.2, 0.25) is 0 Å². The standard InChI is InChI=1S/C6H11Cl3/c1-6(2,3)4(7)5(8)9/h4-5H,1-3H3. The molecule has 0 radical (unpaired) electrons. The first-order valence-electron chi connectivity index (χ1n) is 2.78. The molecule has 0 rings (SSSR count). The molecule has 56 valence electrons. The Labute approximate surface area is 71.5 Å². The highest BCUT2D eigenvalue weighted by Crippen LogP contribution is 2.31. The van der Waals surface area contributed by atoms with E-state index < -0.39 is 4.84 Å². The Morgan fingerprint density at radius 2 is 1.33 bits per heavy atom. The summed E-state index contributed by atoms with van der Waals surface area (Å²) in [6.45, 7) is 6.01. The fourth-order valence-electron chi connectivity index (χ4n) is 0.378. The summed E-state index contributed by atoms with van der Waals surface area (Å²) in [5.74, 6) is 0. The second kappa shape index (κ2) is 3.32. The van der Waals surface area contributed by atoms with Crippen LogP contribution in [0.5, 0.6) is 0 Å². The number of halogens is 3. The van der Waals surface area contributed by atoms with Gasteiger partial charge in [0.15, 0.2) is 0 Å². The van der Waals surface area contributed by atoms with Gasteiger partial charge in [0.1, 0.15) is 4.84 Å². The van der Waals surface area contributed by atoms with Crippen molar-refractivity contribution in [2.75, 3.05) is 0 Å². The predicted molar refractivity (Wildman–Crippen MR) is 44.6 cm³/mol. The summed E-state index contributed by atoms with van der Waals surface area (Å²) in [6.07, 6.45) is 0. The van der Waals surface area contributed by atoms with Crippen molar-refractivity contribution < 1.29 is 0 Å². The van der Waals surface area contributed by atoms with Gasteiger partial charge in [-0.25, -0.2) is 0 Å². The highest BCUT2D eigenvalue weighted by Gasteiger charge is 2.27. The Balaban J connectivity index is 3.88. The molecule has 0 aromatic rings. The van der Waals surface area contributed by atoms with Gasteiger partial charge in [-0.15, -0.1) is 34.8 Å². The van der Waals surface area contributed by atoms with Gasteiger partial charge in [0.25, 0.3) is 0 Å². The molecule has 0 saturated heterocycles. The minimum atomic E-state index is -0.480. The lowest BCUT2D eigenvalue weighted by Gasteiger charge is -2.25. The Hall–Kier alpha value is 0.870. The first-order valence-corrected chi connectivity index (χ1v) is 4.09. The summed E-state index contributed by atoms with van der Waals surface area (Å²) in [6, 6.07) is 0. The number of hydrogen-bond donors (Lipinski definition) is 0. The van der Waals surface area contributed by atoms with Gasteiger partial charge in [0, 0.05) is 0 Å². The first-order chi connectivity index (χ1) is 3.85. The molecule has 0 aliphatic rings. The van der Waals surface area contributed by atoms with Crippen molar-refractivity contribution in [3.8, 4) is 0 Å². The van der Waals surface area contributed by atoms with Crippen molar-refractivity contribution in [2.24, 2.45) is 5.41 Å². The van der Waals surface area contributed by atoms with Crippen LogP contribution >= 0.6 is 34.8 Å². The molecule has 0 amide bonds. The molecule has 0 N–H and O–H groups in total. The van der Waals surface area contributed by atoms with Crippen molar-refractivity contribution in [3.05, 3.63) is 0 Å². The van der Waals surface area contributed by atoms with Crippen molar-refractivity contribution in [1.82, 2.24) is 0 Å². The third kappa shape index (κ3) is 3.54. The van der Waals surface area contributed by atoms with Crippen molar-refractivity contribution in [3.63, 3.8) is 0 Å². The lowest BCUT2D eigenvalue weighted by molar-refractivity contribution is 0.400. The highest BCUT2D eigenvalue weighted by atomic mass is 35.5. The SMILES string of the molecule is CC(C)(C)C(Cl)C(Cl)Cl. The molecule has 0 nitrogen and oxygen atoms in total. The lowest BCUT2D eigenvalue weighted by Crippen LogP contribution is -2.26. The molecule has 3 heteroatoms. The molecule has 9 heavy (non-hydrogen) atoms. The van der Waals surface area contributed by atoms with E-state index in [1.807, 2.05) is 20.8 Å². The maximum atomic E-state index is 5.83. The predicted octanol–water partition coefficient (Wildman–Crippen LogP) is 3.44. The summed E-state index contributed by atoms with van der Waals surface area (Å²) in [4.78, 5) is -0.480. The topological polar surface area (TPSA) is 0 Å². The zero-order valence-electron chi connectivity index (χ0n) is 5.79. The second-order valence-corrected chi connectivity index (χ2v) is 4.74. The van der Waals surface area contributed by atoms with E-state index >= 15 is 0 Å². The number of alkyl halides is 3. The van der Waals surface area contributed by atoms with Crippen molar-refractivity contribution >= 4 is 34.8 Å². The largest absolute Gasteiger partial charge is 0.124 e. The summed E-state index contributed by atoms with van der Waals surface area (Å²) >= 11 is 16.9. The van der Waals surface area contributed by atoms with E-state index in [1.165, 1.54) is 0 Å². The van der Waals surface area contributed by atoms with E-state index in [0.717, 1.165) is 0 Å². The van der Waals surface area contributed by atoms with E-state index in [4.69, 9.17) is 34.8 Å². The van der Waals surface area contributed by atoms with Crippen LogP contribution in [0.25, 0.3) is 0 Å². The third-order valence-corrected chi connectivity index (χ3v) is 2.72. The van der Waals surface area contributed by atoms with E-state index in [1.54, 1.807) is 0 Å². The lowest BCUT2D eigenvalue weighted by atomic mass is 9.93. The Bertz CT molecular complexity index is 82.8. The molecule has 0 spiro atoms. The molecule has 0 bridgehead atoms. The molecule has 0 saturated carbocycles. The molecule has 0 aromatic heterocycles. The minimum Gasteiger partial charge on any atom is -0.119 e. The Morgan fingerprint density at radius 3 is 1.33 bits per heavy atom. The van der Waals surface area contributed by atoms with E-state index in [2.05, 4.69) is 0 Å². The molecular formula is C6H11Cl3. The second-order valence-electron chi connectivity index (χ2n) is 3.10. The van der Waals surface area contributed by atoms with Gasteiger partial charge in [-0.2, -0.15) is 0 Å². The van der Waals surface area contributed by atoms with Gasteiger partial charge in [-0.1, -0.05) is 20.8 Å². The van der Waals surface area contributed by atoms with Gasteiger partial charge in [-0.3, -0.25) is 0 Å². The van der Waals surface area contributed by atoms with Gasteiger partial charge in [0.2, 0.25) is 0 Å². The maximum absolute atomic E-state index is 5.83. The van der Waals surface area contributed by atoms with Crippen LogP contribution < -0.4 is 0 Å². The zero-order chi connectivity index (χ0) is 7.65. The van der Waals surface area contributed by atoms with E-state index in [-0.39, 0.29) is 10.8 Å². The van der Waals surface area contributed by atoms with Gasteiger partial charge in [-0.05, 0) is 5.41 Å². The molecule has 0 fully saturated rings. The van der Waals surface area contributed by atoms with Crippen molar-refractivity contribution in [1.29, 1.82) is 0 Å². The summed E-state index contributed by atoms with van der Waals surface area (Å²) in [5.41, 5.74) is -0.0181. The fourth-order valence-corrected chi connectivity index (χ4v) is 1.13. The van der Waals surface area contributed by atoms with Crippen molar-refractivity contribution in [2.45, 2.75) is 31.0 Å². The van der Waals surface area contributed by atoms with Crippen LogP contribution in [0.1, 0.15) is 20.8 Å². The first kappa shape index (κ1) is 9.87. The molecular weight excluding hydrogens is 178 g/mol. The Kier molecular flexibility index (Phi) is 3.64. The molecule has 0 heterocycles. The third-order valence-electron chi connectivity index (χ3n) is 1.05. The van der Waals surface area contributed by atoms with Crippen LogP contribution in [0, 0.1) is 5.41 Å². The van der Waals surface area contributed by atoms with Gasteiger partial charge < -0.3 is 0 Å². The van der Waals surface area contributed by atoms with E-state index in [0.29, 0.717) is 0 Å². The zero-order valence-corrected chi connectivity index (χ0v) is 8.06. The fraction of sp³-hybridized carbons (Fsp3) is 1.00. The molecule has 0 aliphatic carbocycles. The van der Waals surface area contributed by atoms with Crippen LogP contribution in [0.15, 0.2) is 0 Å². The molecule has 0 aliphatic heterocycles. The smallest absolute Gasteiger partial charge is 0.119 e. The van der Waals surface area contributed by atoms with Gasteiger partial charge in [0.05, 0.1) is 5.38 Å². The summed E-state index contributed by atoms with van der Waals surface area (Å²) < 4.78 is 0. The van der Waals surface area contributed by atoms with Crippen LogP contribution in [0.4, 0.5) is 0 Å². The molecule has 1 atom stereocenters. The minimum absolute atomic E-state index is 0.0181. The number of rotatable bonds is 1. The molecule has 0 aromatic carbocycles. The maximum Gasteiger partial charge on any atom is 0.124 e. The normalized spacial score (nSPS) is 16.3. The number of hydrogen-bond acceptors (Lipinski definition) is 0. The average Bonchev–Trinajstić information content (AvgIpc) is 1.62. The Morgan fingerprint density at radius 1 is 1.00 bits per heavy atom. The van der Waals surface area contributed by atoms with Crippen LogP contribution in [-0.4, -0.2) is 10.2 Å². The quantitative estimate of drug-likeness (QED) is 0.554.